The molecule has 0 nitrogen and oxygen atoms in total. The summed E-state index contributed by atoms with van der Waals surface area (Å²) in [6.07, 6.45) is 10.0. The predicted octanol–water partition coefficient (Wildman–Crippen LogP) is 7.59. The van der Waals surface area contributed by atoms with E-state index in [1.807, 2.05) is 12.2 Å². The first-order valence-electron chi connectivity index (χ1n) is 17.6. The Balaban J connectivity index is 0.000000489. The Morgan fingerprint density at radius 2 is 1.04 bits per heavy atom. The summed E-state index contributed by atoms with van der Waals surface area (Å²) < 4.78 is 1.69. The molecule has 1 aliphatic rings. The van der Waals surface area contributed by atoms with Gasteiger partial charge in [0.1, 0.15) is 0 Å². The van der Waals surface area contributed by atoms with Gasteiger partial charge < -0.3 is 24.8 Å². The smallest absolute Gasteiger partial charge is 0.0139 e. The van der Waals surface area contributed by atoms with Gasteiger partial charge in [-0.2, -0.15) is 6.08 Å². The van der Waals surface area contributed by atoms with E-state index < -0.39 is 0 Å². The summed E-state index contributed by atoms with van der Waals surface area (Å²) in [5, 5.41) is 5.38. The zero-order valence-electron chi connectivity index (χ0n) is 32.4. The van der Waals surface area contributed by atoms with E-state index in [4.69, 9.17) is 0 Å². The molecule has 0 unspecified atom stereocenters. The second kappa shape index (κ2) is 18.4. The summed E-state index contributed by atoms with van der Waals surface area (Å²) in [5.41, 5.74) is 10.9. The van der Waals surface area contributed by atoms with Crippen molar-refractivity contribution in [3.8, 4) is 22.3 Å². The first kappa shape index (κ1) is 43.7. The van der Waals surface area contributed by atoms with E-state index in [0.29, 0.717) is 0 Å². The summed E-state index contributed by atoms with van der Waals surface area (Å²) in [6.45, 7) is 27.5. The largest absolute Gasteiger partial charge is 1.00 e. The van der Waals surface area contributed by atoms with Gasteiger partial charge in [0, 0.05) is 0 Å². The van der Waals surface area contributed by atoms with E-state index in [0.717, 1.165) is 18.3 Å². The predicted molar refractivity (Wildman–Crippen MR) is 211 cm³/mol. The molecule has 0 atom stereocenters. The molecule has 0 spiro atoms. The number of allylic oxidation sites excluding steroid dienone is 4. The van der Waals surface area contributed by atoms with Gasteiger partial charge in [0.2, 0.25) is 0 Å². The Morgan fingerprint density at radius 3 is 1.30 bits per heavy atom. The van der Waals surface area contributed by atoms with Gasteiger partial charge in [0.05, 0.1) is 0 Å². The molecule has 264 valence electrons. The fourth-order valence-corrected chi connectivity index (χ4v) is 6.55. The van der Waals surface area contributed by atoms with Gasteiger partial charge in [-0.25, -0.2) is 12.2 Å². The first-order valence-corrected chi connectivity index (χ1v) is 18.9. The number of rotatable bonds is 4. The Hall–Kier alpha value is -2.44. The molecule has 50 heavy (non-hydrogen) atoms. The fraction of sp³-hybridized carbons (Fsp3) is 0.362. The third-order valence-corrected chi connectivity index (χ3v) is 12.1. The molecule has 5 aromatic rings. The van der Waals surface area contributed by atoms with E-state index in [2.05, 4.69) is 174 Å². The van der Waals surface area contributed by atoms with Gasteiger partial charge in [0.15, 0.2) is 0 Å². The molecule has 0 amide bonds. The molecule has 6 rings (SSSR count). The topological polar surface area (TPSA) is 0 Å². The summed E-state index contributed by atoms with van der Waals surface area (Å²) >= 11 is 1.61. The first-order chi connectivity index (χ1) is 22.5. The van der Waals surface area contributed by atoms with Crippen molar-refractivity contribution < 1.29 is 49.0 Å². The SMILES string of the molecule is CC(C)[C](=[Zr+2])C(C)C.Cc1ccccc1-c1cc2[cH-]c3cc(-c4ccccc4C)c(C(C)(C)C)cc3c2cc1C(C)(C)C.[C-]1=CC=CC1.[Cl-].[Cl-]. The number of halogens is 2. The molecule has 0 N–H and O–H groups in total. The van der Waals surface area contributed by atoms with Crippen molar-refractivity contribution in [3.63, 3.8) is 0 Å². The minimum absolute atomic E-state index is 0. The summed E-state index contributed by atoms with van der Waals surface area (Å²) in [7, 11) is 0. The molecule has 0 radical (unpaired) electrons. The van der Waals surface area contributed by atoms with Crippen molar-refractivity contribution in [2.45, 2.75) is 100 Å². The summed E-state index contributed by atoms with van der Waals surface area (Å²) in [6, 6.07) is 29.8. The van der Waals surface area contributed by atoms with Crippen LogP contribution in [-0.2, 0) is 35.1 Å². The van der Waals surface area contributed by atoms with E-state index in [-0.39, 0.29) is 35.6 Å². The normalized spacial score (nSPS) is 12.3. The van der Waals surface area contributed by atoms with Crippen molar-refractivity contribution in [3.05, 3.63) is 125 Å². The maximum atomic E-state index is 2.99. The van der Waals surface area contributed by atoms with E-state index in [1.165, 1.54) is 66.1 Å². The van der Waals surface area contributed by atoms with Crippen LogP contribution >= 0.6 is 0 Å². The molecule has 0 heterocycles. The van der Waals surface area contributed by atoms with Gasteiger partial charge in [0.25, 0.3) is 0 Å². The molecule has 0 bridgehead atoms. The molecular formula is C47H56Cl2Zr-2. The molecule has 0 saturated carbocycles. The second-order valence-corrected chi connectivity index (χ2v) is 17.4. The Morgan fingerprint density at radius 1 is 0.640 bits per heavy atom. The Bertz CT molecular complexity index is 1810. The average molecular weight is 783 g/mol. The van der Waals surface area contributed by atoms with Gasteiger partial charge in [-0.15, -0.1) is 46.2 Å². The quantitative estimate of drug-likeness (QED) is 0.165. The number of aryl methyl sites for hydroxylation is 2. The summed E-state index contributed by atoms with van der Waals surface area (Å²) in [5.74, 6) is 1.60. The zero-order valence-corrected chi connectivity index (χ0v) is 36.3. The van der Waals surface area contributed by atoms with E-state index >= 15 is 0 Å². The third kappa shape index (κ3) is 10.6. The molecular weight excluding hydrogens is 727 g/mol. The second-order valence-electron chi connectivity index (χ2n) is 16.0. The van der Waals surface area contributed by atoms with E-state index in [1.54, 1.807) is 27.4 Å². The van der Waals surface area contributed by atoms with Crippen LogP contribution in [-0.4, -0.2) is 3.21 Å². The minimum Gasteiger partial charge on any atom is -1.00 e. The molecule has 0 aliphatic heterocycles. The number of hydrogen-bond acceptors (Lipinski definition) is 0. The van der Waals surface area contributed by atoms with Crippen LogP contribution < -0.4 is 24.8 Å². The van der Waals surface area contributed by atoms with Crippen molar-refractivity contribution in [1.29, 1.82) is 0 Å². The maximum absolute atomic E-state index is 2.99. The van der Waals surface area contributed by atoms with Crippen LogP contribution in [0.25, 0.3) is 43.8 Å². The number of benzene rings is 4. The molecule has 0 aromatic heterocycles. The van der Waals surface area contributed by atoms with Crippen LogP contribution in [0.2, 0.25) is 0 Å². The van der Waals surface area contributed by atoms with Crippen LogP contribution in [0.1, 0.15) is 97.9 Å². The molecule has 0 fully saturated rings. The van der Waals surface area contributed by atoms with Gasteiger partial charge in [-0.05, 0) is 69.2 Å². The van der Waals surface area contributed by atoms with Crippen LogP contribution in [0, 0.1) is 31.8 Å². The number of hydrogen-bond donors (Lipinski definition) is 0. The zero-order chi connectivity index (χ0) is 35.4. The van der Waals surface area contributed by atoms with Crippen LogP contribution in [0.3, 0.4) is 0 Å². The standard InChI is InChI=1S/C35H37.C7H14.C5H5.2ClH.Zr/c1-22-13-9-11-15-26(22)30-18-24-17-25-19-31(27-16-12-10-14-23(27)2)33(35(6,7)8)21-29(25)28(24)20-32(30)34(3,4)5;1-6(2)5-7(3)4;1-2-4-5-3-1;;;/h9-21H,1-8H3;6-7H,1-4H3;1-3H,4H2;2*1H;/q-1;;-1;;;+2/p-2. The van der Waals surface area contributed by atoms with Gasteiger partial charge >= 0.3 is 67.0 Å². The maximum Gasteiger partial charge on any atom is -0.0139 e. The fourth-order valence-electron chi connectivity index (χ4n) is 6.55. The minimum atomic E-state index is 0. The molecule has 5 aromatic carbocycles. The Labute approximate surface area is 331 Å². The Kier molecular flexibility index (Phi) is 16.1. The monoisotopic (exact) mass is 780 g/mol. The van der Waals surface area contributed by atoms with Crippen molar-refractivity contribution in [2.24, 2.45) is 11.8 Å². The van der Waals surface area contributed by atoms with E-state index in [9.17, 15) is 0 Å². The van der Waals surface area contributed by atoms with Crippen LogP contribution in [0.4, 0.5) is 0 Å². The van der Waals surface area contributed by atoms with Crippen molar-refractivity contribution in [2.75, 3.05) is 0 Å². The van der Waals surface area contributed by atoms with Gasteiger partial charge in [-0.3, -0.25) is 6.08 Å². The molecule has 0 saturated heterocycles. The van der Waals surface area contributed by atoms with Crippen molar-refractivity contribution >= 4 is 24.8 Å². The third-order valence-electron chi connectivity index (χ3n) is 9.30. The van der Waals surface area contributed by atoms with Crippen molar-refractivity contribution in [1.82, 2.24) is 0 Å². The van der Waals surface area contributed by atoms with Crippen LogP contribution in [0.5, 0.6) is 0 Å². The summed E-state index contributed by atoms with van der Waals surface area (Å²) in [4.78, 5) is 0. The van der Waals surface area contributed by atoms with Gasteiger partial charge in [-0.1, -0.05) is 102 Å². The van der Waals surface area contributed by atoms with Crippen LogP contribution in [0.15, 0.2) is 97.1 Å². The number of fused-ring (bicyclic) bond motifs is 3. The average Bonchev–Trinajstić information content (AvgIpc) is 3.71. The molecule has 1 aliphatic carbocycles. The molecule has 3 heteroatoms.